The number of ether oxygens (including phenoxy) is 2. The number of hydrogen-bond acceptors (Lipinski definition) is 6. The molecule has 7 nitrogen and oxygen atoms in total. The fourth-order valence-corrected chi connectivity index (χ4v) is 4.37. The fourth-order valence-electron chi connectivity index (χ4n) is 4.37. The van der Waals surface area contributed by atoms with Gasteiger partial charge in [0.25, 0.3) is 0 Å². The SMILES string of the molecule is N#Cc1cc(COc2cc3n(c(=O)n2)CC[C@]24CO[C@H](CN32)C4)ccc1F. The summed E-state index contributed by atoms with van der Waals surface area (Å²) in [7, 11) is 0. The molecule has 1 aromatic heterocycles. The molecule has 3 aliphatic heterocycles. The van der Waals surface area contributed by atoms with Crippen molar-refractivity contribution < 1.29 is 13.9 Å². The first-order valence-electron chi connectivity index (χ1n) is 8.90. The molecular formula is C19H17FN4O3. The van der Waals surface area contributed by atoms with E-state index in [2.05, 4.69) is 9.88 Å². The molecule has 2 bridgehead atoms. The van der Waals surface area contributed by atoms with E-state index in [1.807, 2.05) is 0 Å². The van der Waals surface area contributed by atoms with Gasteiger partial charge in [0, 0.05) is 25.6 Å². The number of benzene rings is 1. The van der Waals surface area contributed by atoms with E-state index in [0.29, 0.717) is 18.7 Å². The van der Waals surface area contributed by atoms with Crippen LogP contribution >= 0.6 is 0 Å². The van der Waals surface area contributed by atoms with Crippen LogP contribution in [0.5, 0.6) is 5.88 Å². The highest BCUT2D eigenvalue weighted by Gasteiger charge is 2.54. The van der Waals surface area contributed by atoms with Gasteiger partial charge in [-0.05, 0) is 24.1 Å². The molecule has 2 saturated heterocycles. The summed E-state index contributed by atoms with van der Waals surface area (Å²) in [5.41, 5.74) is 0.245. The highest BCUT2D eigenvalue weighted by atomic mass is 19.1. The van der Waals surface area contributed by atoms with Gasteiger partial charge in [0.05, 0.1) is 23.8 Å². The van der Waals surface area contributed by atoms with E-state index >= 15 is 0 Å². The van der Waals surface area contributed by atoms with Crippen molar-refractivity contribution in [2.24, 2.45) is 0 Å². The molecule has 3 aliphatic rings. The third-order valence-electron chi connectivity index (χ3n) is 5.74. The van der Waals surface area contributed by atoms with Crippen LogP contribution in [0.25, 0.3) is 0 Å². The highest BCUT2D eigenvalue weighted by molar-refractivity contribution is 5.50. The molecule has 0 amide bonds. The molecule has 1 aromatic carbocycles. The molecular weight excluding hydrogens is 351 g/mol. The lowest BCUT2D eigenvalue weighted by atomic mass is 9.92. The lowest BCUT2D eigenvalue weighted by Gasteiger charge is -2.44. The quantitative estimate of drug-likeness (QED) is 0.818. The van der Waals surface area contributed by atoms with E-state index in [1.165, 1.54) is 12.1 Å². The second kappa shape index (κ2) is 5.79. The van der Waals surface area contributed by atoms with Gasteiger partial charge < -0.3 is 14.4 Å². The van der Waals surface area contributed by atoms with Gasteiger partial charge in [-0.3, -0.25) is 4.57 Å². The zero-order valence-electron chi connectivity index (χ0n) is 14.5. The van der Waals surface area contributed by atoms with E-state index in [1.54, 1.807) is 22.8 Å². The molecule has 1 spiro atoms. The van der Waals surface area contributed by atoms with E-state index in [4.69, 9.17) is 14.7 Å². The number of rotatable bonds is 3. The van der Waals surface area contributed by atoms with Crippen molar-refractivity contribution in [3.05, 3.63) is 51.7 Å². The average molecular weight is 368 g/mol. The Hall–Kier alpha value is -2.92. The van der Waals surface area contributed by atoms with Crippen LogP contribution in [0.3, 0.4) is 0 Å². The second-order valence-electron chi connectivity index (χ2n) is 7.32. The zero-order valence-corrected chi connectivity index (χ0v) is 14.5. The molecule has 2 aromatic rings. The van der Waals surface area contributed by atoms with Crippen LogP contribution in [0.2, 0.25) is 0 Å². The first kappa shape index (κ1) is 16.3. The minimum Gasteiger partial charge on any atom is -0.473 e. The average Bonchev–Trinajstić information content (AvgIpc) is 3.25. The Balaban J connectivity index is 1.42. The number of anilines is 1. The number of nitriles is 1. The minimum absolute atomic E-state index is 0.0195. The lowest BCUT2D eigenvalue weighted by molar-refractivity contribution is 0.0776. The van der Waals surface area contributed by atoms with Gasteiger partial charge >= 0.3 is 5.69 Å². The topological polar surface area (TPSA) is 80.4 Å². The maximum Gasteiger partial charge on any atom is 0.352 e. The molecule has 4 heterocycles. The molecule has 5 rings (SSSR count). The molecule has 138 valence electrons. The Morgan fingerprint density at radius 3 is 3.15 bits per heavy atom. The normalized spacial score (nSPS) is 25.0. The predicted octanol–water partition coefficient (Wildman–Crippen LogP) is 1.58. The molecule has 0 N–H and O–H groups in total. The number of halogens is 1. The summed E-state index contributed by atoms with van der Waals surface area (Å²) in [4.78, 5) is 18.7. The first-order valence-corrected chi connectivity index (χ1v) is 8.90. The third-order valence-corrected chi connectivity index (χ3v) is 5.74. The van der Waals surface area contributed by atoms with Crippen LogP contribution in [0.15, 0.2) is 29.1 Å². The van der Waals surface area contributed by atoms with Crippen LogP contribution in [0, 0.1) is 17.1 Å². The zero-order chi connectivity index (χ0) is 18.6. The van der Waals surface area contributed by atoms with Crippen molar-refractivity contribution in [1.82, 2.24) is 9.55 Å². The highest BCUT2D eigenvalue weighted by Crippen LogP contribution is 2.46. The van der Waals surface area contributed by atoms with Crippen LogP contribution in [-0.2, 0) is 17.9 Å². The Morgan fingerprint density at radius 2 is 2.33 bits per heavy atom. The van der Waals surface area contributed by atoms with Crippen molar-refractivity contribution >= 4 is 5.82 Å². The fraction of sp³-hybridized carbons (Fsp3) is 0.421. The minimum atomic E-state index is -0.567. The molecule has 27 heavy (non-hydrogen) atoms. The van der Waals surface area contributed by atoms with Crippen LogP contribution in [0.4, 0.5) is 10.2 Å². The van der Waals surface area contributed by atoms with Crippen LogP contribution in [0.1, 0.15) is 24.0 Å². The lowest BCUT2D eigenvalue weighted by Crippen LogP contribution is -2.54. The summed E-state index contributed by atoms with van der Waals surface area (Å²) in [5, 5.41) is 8.93. The van der Waals surface area contributed by atoms with Crippen molar-refractivity contribution in [3.8, 4) is 11.9 Å². The van der Waals surface area contributed by atoms with Gasteiger partial charge in [-0.1, -0.05) is 6.07 Å². The molecule has 0 radical (unpaired) electrons. The second-order valence-corrected chi connectivity index (χ2v) is 7.32. The van der Waals surface area contributed by atoms with Gasteiger partial charge in [-0.2, -0.15) is 10.2 Å². The molecule has 8 heteroatoms. The van der Waals surface area contributed by atoms with Crippen LogP contribution in [-0.4, -0.2) is 34.3 Å². The number of aromatic nitrogens is 2. The van der Waals surface area contributed by atoms with E-state index < -0.39 is 5.82 Å². The monoisotopic (exact) mass is 368 g/mol. The summed E-state index contributed by atoms with van der Waals surface area (Å²) in [6, 6.07) is 7.81. The first-order chi connectivity index (χ1) is 13.1. The van der Waals surface area contributed by atoms with E-state index in [9.17, 15) is 9.18 Å². The molecule has 0 saturated carbocycles. The number of nitrogens with zero attached hydrogens (tertiary/aromatic N) is 4. The van der Waals surface area contributed by atoms with E-state index in [-0.39, 0.29) is 35.4 Å². The summed E-state index contributed by atoms with van der Waals surface area (Å²) < 4.78 is 26.6. The summed E-state index contributed by atoms with van der Waals surface area (Å²) in [6.45, 7) is 2.18. The van der Waals surface area contributed by atoms with Gasteiger partial charge in [0.15, 0.2) is 0 Å². The van der Waals surface area contributed by atoms with Gasteiger partial charge in [-0.25, -0.2) is 9.18 Å². The predicted molar refractivity (Wildman–Crippen MR) is 93.0 cm³/mol. The third kappa shape index (κ3) is 2.50. The Morgan fingerprint density at radius 1 is 1.44 bits per heavy atom. The Labute approximate surface area is 154 Å². The molecule has 0 unspecified atom stereocenters. The van der Waals surface area contributed by atoms with Crippen molar-refractivity contribution in [1.29, 1.82) is 5.26 Å². The van der Waals surface area contributed by atoms with Gasteiger partial charge in [0.1, 0.15) is 24.3 Å². The van der Waals surface area contributed by atoms with Crippen molar-refractivity contribution in [2.45, 2.75) is 37.6 Å². The van der Waals surface area contributed by atoms with Gasteiger partial charge in [0.2, 0.25) is 5.88 Å². The van der Waals surface area contributed by atoms with Gasteiger partial charge in [-0.15, -0.1) is 0 Å². The maximum atomic E-state index is 13.4. The Bertz CT molecular complexity index is 1030. The summed E-state index contributed by atoms with van der Waals surface area (Å²) in [6.07, 6.45) is 2.09. The number of morpholine rings is 1. The van der Waals surface area contributed by atoms with Crippen molar-refractivity contribution in [2.75, 3.05) is 18.1 Å². The summed E-state index contributed by atoms with van der Waals surface area (Å²) in [5.74, 6) is 0.483. The maximum absolute atomic E-state index is 13.4. The van der Waals surface area contributed by atoms with Crippen molar-refractivity contribution in [3.63, 3.8) is 0 Å². The Kier molecular flexibility index (Phi) is 3.49. The van der Waals surface area contributed by atoms with Crippen LogP contribution < -0.4 is 15.3 Å². The molecule has 2 atom stereocenters. The largest absolute Gasteiger partial charge is 0.473 e. The van der Waals surface area contributed by atoms with E-state index in [0.717, 1.165) is 25.2 Å². The number of hydrogen-bond donors (Lipinski definition) is 0. The molecule has 2 fully saturated rings. The number of fused-ring (bicyclic) bond motifs is 3. The summed E-state index contributed by atoms with van der Waals surface area (Å²) >= 11 is 0. The smallest absolute Gasteiger partial charge is 0.352 e. The molecule has 0 aliphatic carbocycles. The standard InChI is InChI=1S/C19H17FN4O3/c20-15-2-1-12(5-13(15)8-21)10-26-16-6-17-23(18(25)22-16)4-3-19-7-14(27-11-19)9-24(17)19/h1-2,5-6,14H,3-4,7,9-11H2/t14-,19-/m0/s1.